The van der Waals surface area contributed by atoms with Gasteiger partial charge in [0.05, 0.1) is 0 Å². The summed E-state index contributed by atoms with van der Waals surface area (Å²) in [7, 11) is -3.05. The molecule has 1 aliphatic rings. The van der Waals surface area contributed by atoms with Crippen LogP contribution in [0.25, 0.3) is 0 Å². The van der Waals surface area contributed by atoms with Crippen LogP contribution in [0.3, 0.4) is 0 Å². The predicted octanol–water partition coefficient (Wildman–Crippen LogP) is 11.1. The minimum absolute atomic E-state index is 0.181. The van der Waals surface area contributed by atoms with Gasteiger partial charge in [0.1, 0.15) is 0 Å². The van der Waals surface area contributed by atoms with E-state index < -0.39 is 31.2 Å². The van der Waals surface area contributed by atoms with Crippen LogP contribution in [-0.2, 0) is 4.65 Å². The van der Waals surface area contributed by atoms with E-state index in [2.05, 4.69) is 160 Å². The minimum atomic E-state index is -5.57. The van der Waals surface area contributed by atoms with Crippen LogP contribution in [0.1, 0.15) is 0 Å². The fourth-order valence-corrected chi connectivity index (χ4v) is 5.46. The summed E-state index contributed by atoms with van der Waals surface area (Å²) in [6, 6.07) is 62.5. The third-order valence-corrected chi connectivity index (χ3v) is 8.04. The molecule has 6 aromatic carbocycles. The number of nitrogens with zero attached hydrogens (tertiary/aromatic N) is 2. The van der Waals surface area contributed by atoms with Crippen molar-refractivity contribution < 1.29 is 41.0 Å². The first kappa shape index (κ1) is 39.4. The molecule has 5 nitrogen and oxygen atoms in total. The van der Waals surface area contributed by atoms with E-state index >= 15 is 0 Å². The fraction of sp³-hybridized carbons (Fsp3) is 0.0952. The van der Waals surface area contributed by atoms with Gasteiger partial charge in [-0.2, -0.15) is 17.6 Å². The van der Waals surface area contributed by atoms with Crippen molar-refractivity contribution >= 4 is 41.4 Å². The Morgan fingerprint density at radius 2 is 0.685 bits per heavy atom. The van der Waals surface area contributed by atoms with E-state index in [0.717, 1.165) is 0 Å². The van der Waals surface area contributed by atoms with Gasteiger partial charge in [-0.1, -0.05) is 109 Å². The Labute approximate surface area is 309 Å². The zero-order valence-corrected chi connectivity index (χ0v) is 28.6. The highest BCUT2D eigenvalue weighted by atomic mass is 19.3. The molecule has 0 aliphatic heterocycles. The van der Waals surface area contributed by atoms with Crippen LogP contribution in [0.4, 0.5) is 60.5 Å². The van der Waals surface area contributed by atoms with Gasteiger partial charge in [0.15, 0.2) is 6.17 Å². The third kappa shape index (κ3) is 9.21. The lowest BCUT2D eigenvalue weighted by molar-refractivity contribution is -0.329. The number of halogens is 6. The van der Waals surface area contributed by atoms with Gasteiger partial charge in [0, 0.05) is 34.1 Å². The largest absolute Gasteiger partial charge is 0.636 e. The highest BCUT2D eigenvalue weighted by Gasteiger charge is 2.75. The smallest absolute Gasteiger partial charge is 0.402 e. The zero-order valence-electron chi connectivity index (χ0n) is 28.6. The lowest BCUT2D eigenvalue weighted by Crippen LogP contribution is -2.63. The monoisotopic (exact) mass is 740 g/mol. The molecule has 0 bridgehead atoms. The second-order valence-corrected chi connectivity index (χ2v) is 11.7. The van der Waals surface area contributed by atoms with Crippen LogP contribution in [0, 0.1) is 0 Å². The molecule has 2 atom stereocenters. The Bertz CT molecular complexity index is 1710. The molecule has 2 N–H and O–H groups in total. The van der Waals surface area contributed by atoms with Gasteiger partial charge in [0.2, 0.25) is 0 Å². The maximum Gasteiger partial charge on any atom is 0.636 e. The first-order valence-electron chi connectivity index (χ1n) is 16.7. The molecule has 0 aromatic heterocycles. The molecule has 276 valence electrons. The molecule has 7 rings (SSSR count). The summed E-state index contributed by atoms with van der Waals surface area (Å²) in [5.41, 5.74) is 7.00. The molecule has 2 unspecified atom stereocenters. The van der Waals surface area contributed by atoms with Crippen LogP contribution in [0.5, 0.6) is 0 Å². The molecule has 54 heavy (non-hydrogen) atoms. The number of para-hydroxylation sites is 6. The van der Waals surface area contributed by atoms with Crippen molar-refractivity contribution in [2.75, 3.05) is 9.80 Å². The number of benzene rings is 6. The Balaban J connectivity index is 0.000000157. The van der Waals surface area contributed by atoms with Crippen molar-refractivity contribution in [2.45, 2.75) is 23.9 Å². The number of hydrogen-bond donors (Lipinski definition) is 2. The van der Waals surface area contributed by atoms with Gasteiger partial charge in [0.25, 0.3) is 5.85 Å². The highest BCUT2D eigenvalue weighted by Crippen LogP contribution is 2.51. The third-order valence-electron chi connectivity index (χ3n) is 8.04. The summed E-state index contributed by atoms with van der Waals surface area (Å²) in [6.45, 7) is 0. The average Bonchev–Trinajstić information content (AvgIpc) is 3.19. The quantitative estimate of drug-likeness (QED) is 0.0925. The summed E-state index contributed by atoms with van der Waals surface area (Å²) in [5.74, 6) is -15.4. The first-order chi connectivity index (χ1) is 25.9. The Morgan fingerprint density at radius 3 is 0.907 bits per heavy atom. The van der Waals surface area contributed by atoms with E-state index in [1.807, 2.05) is 36.4 Å². The number of allylic oxidation sites excluding steroid dienone is 1. The van der Waals surface area contributed by atoms with Gasteiger partial charge in [-0.15, -0.1) is 0 Å². The summed E-state index contributed by atoms with van der Waals surface area (Å²) >= 11 is 0. The number of alkyl halides is 6. The van der Waals surface area contributed by atoms with E-state index in [9.17, 15) is 26.3 Å². The van der Waals surface area contributed by atoms with E-state index in [4.69, 9.17) is 10.0 Å². The van der Waals surface area contributed by atoms with Crippen molar-refractivity contribution in [3.8, 4) is 0 Å². The Kier molecular flexibility index (Phi) is 13.0. The van der Waals surface area contributed by atoms with Gasteiger partial charge in [-0.25, -0.2) is 8.78 Å². The zero-order chi connectivity index (χ0) is 38.6. The van der Waals surface area contributed by atoms with E-state index in [1.54, 1.807) is 0 Å². The molecule has 0 heterocycles. The van der Waals surface area contributed by atoms with Crippen molar-refractivity contribution in [2.24, 2.45) is 0 Å². The van der Waals surface area contributed by atoms with E-state index in [1.165, 1.54) is 34.1 Å². The van der Waals surface area contributed by atoms with Gasteiger partial charge >= 0.3 is 19.2 Å². The highest BCUT2D eigenvalue weighted by molar-refractivity contribution is 6.32. The molecule has 6 aromatic rings. The maximum absolute atomic E-state index is 13.2. The van der Waals surface area contributed by atoms with Crippen molar-refractivity contribution in [3.05, 3.63) is 194 Å². The molecular weight excluding hydrogens is 705 g/mol. The average molecular weight is 741 g/mol. The SMILES string of the molecule is OB(O)OC1(F)C=CC(F)C(F)(F)C1(F)F.c1ccc(N(c2ccccc2)c2ccccc2)cc1.c1ccc(N(c2ccccc2)c2ccccc2)cc1. The maximum atomic E-state index is 13.2. The number of anilines is 6. The van der Waals surface area contributed by atoms with Gasteiger partial charge < -0.3 is 24.5 Å². The van der Waals surface area contributed by atoms with Crippen molar-refractivity contribution in [3.63, 3.8) is 0 Å². The lowest BCUT2D eigenvalue weighted by atomic mass is 9.92. The van der Waals surface area contributed by atoms with Crippen LogP contribution >= 0.6 is 0 Å². The predicted molar refractivity (Wildman–Crippen MR) is 201 cm³/mol. The van der Waals surface area contributed by atoms with Crippen molar-refractivity contribution in [1.82, 2.24) is 0 Å². The summed E-state index contributed by atoms with van der Waals surface area (Å²) < 4.78 is 80.0. The lowest BCUT2D eigenvalue weighted by Gasteiger charge is -2.39. The number of rotatable bonds is 8. The minimum Gasteiger partial charge on any atom is -0.402 e. The summed E-state index contributed by atoms with van der Waals surface area (Å²) in [4.78, 5) is 4.50. The van der Waals surface area contributed by atoms with Crippen molar-refractivity contribution in [1.29, 1.82) is 0 Å². The van der Waals surface area contributed by atoms with E-state index in [0.29, 0.717) is 0 Å². The Hall–Kier alpha value is -5.82. The molecule has 1 aliphatic carbocycles. The van der Waals surface area contributed by atoms with Crippen LogP contribution in [0.15, 0.2) is 194 Å². The summed E-state index contributed by atoms with van der Waals surface area (Å²) in [5, 5.41) is 16.3. The van der Waals surface area contributed by atoms with Crippen LogP contribution in [0.2, 0.25) is 0 Å². The molecular formula is C42H35BF6N2O3. The number of hydrogen-bond acceptors (Lipinski definition) is 5. The molecule has 0 saturated heterocycles. The topological polar surface area (TPSA) is 56.2 Å². The van der Waals surface area contributed by atoms with Gasteiger partial charge in [-0.3, -0.25) is 0 Å². The standard InChI is InChI=1S/2C18H15N.C6H5BF6O3/c2*1-4-10-16(11-5-1)19(17-12-6-2-7-13-17)18-14-8-3-9-15-18;8-3-1-2-4(9,16-7(14)15)6(12,13)5(3,10)11/h2*1-15H;1-3,14-15H. The molecule has 0 radical (unpaired) electrons. The molecule has 0 fully saturated rings. The summed E-state index contributed by atoms with van der Waals surface area (Å²) in [6.07, 6.45) is -3.90. The van der Waals surface area contributed by atoms with Crippen LogP contribution in [-0.4, -0.2) is 41.2 Å². The molecule has 0 saturated carbocycles. The second kappa shape index (κ2) is 17.8. The molecule has 0 spiro atoms. The molecule has 0 amide bonds. The normalized spacial score (nSPS) is 17.8. The van der Waals surface area contributed by atoms with Crippen LogP contribution < -0.4 is 9.80 Å². The second-order valence-electron chi connectivity index (χ2n) is 11.7. The first-order valence-corrected chi connectivity index (χ1v) is 16.7. The Morgan fingerprint density at radius 1 is 0.444 bits per heavy atom. The van der Waals surface area contributed by atoms with Gasteiger partial charge in [-0.05, 0) is 84.9 Å². The van der Waals surface area contributed by atoms with E-state index in [-0.39, 0.29) is 12.2 Å². The molecule has 12 heteroatoms. The fourth-order valence-electron chi connectivity index (χ4n) is 5.46.